The van der Waals surface area contributed by atoms with Crippen molar-refractivity contribution in [2.45, 2.75) is 13.3 Å². The highest BCUT2D eigenvalue weighted by Gasteiger charge is 2.13. The van der Waals surface area contributed by atoms with Gasteiger partial charge in [0.25, 0.3) is 0 Å². The van der Waals surface area contributed by atoms with Crippen LogP contribution in [0.15, 0.2) is 5.38 Å². The average Bonchev–Trinajstić information content (AvgIpc) is 2.34. The molecular formula is C8H7NO2S. The van der Waals surface area contributed by atoms with E-state index in [1.165, 1.54) is 11.3 Å². The van der Waals surface area contributed by atoms with Crippen LogP contribution in [0.3, 0.4) is 0 Å². The van der Waals surface area contributed by atoms with Crippen molar-refractivity contribution in [3.8, 4) is 6.07 Å². The Labute approximate surface area is 73.9 Å². The number of hydrogen-bond donors (Lipinski definition) is 1. The van der Waals surface area contributed by atoms with Gasteiger partial charge in [-0.1, -0.05) is 0 Å². The zero-order valence-electron chi connectivity index (χ0n) is 6.50. The molecule has 1 rings (SSSR count). The third kappa shape index (κ3) is 1.46. The van der Waals surface area contributed by atoms with Gasteiger partial charge in [0.2, 0.25) is 0 Å². The van der Waals surface area contributed by atoms with E-state index in [1.54, 1.807) is 5.38 Å². The zero-order valence-corrected chi connectivity index (χ0v) is 7.31. The summed E-state index contributed by atoms with van der Waals surface area (Å²) in [5, 5.41) is 18.9. The SMILES string of the molecule is Cc1csc(C(=O)O)c1CC#N. The van der Waals surface area contributed by atoms with Gasteiger partial charge in [-0.15, -0.1) is 11.3 Å². The van der Waals surface area contributed by atoms with Gasteiger partial charge in [0.1, 0.15) is 4.88 Å². The summed E-state index contributed by atoms with van der Waals surface area (Å²) < 4.78 is 0. The Bertz CT molecular complexity index is 348. The molecule has 4 heteroatoms. The number of nitrogens with zero attached hydrogens (tertiary/aromatic N) is 1. The van der Waals surface area contributed by atoms with Gasteiger partial charge >= 0.3 is 5.97 Å². The van der Waals surface area contributed by atoms with Crippen LogP contribution in [0, 0.1) is 18.3 Å². The molecule has 1 heterocycles. The molecule has 0 atom stereocenters. The van der Waals surface area contributed by atoms with E-state index < -0.39 is 5.97 Å². The highest BCUT2D eigenvalue weighted by Crippen LogP contribution is 2.22. The van der Waals surface area contributed by atoms with E-state index in [9.17, 15) is 4.79 Å². The van der Waals surface area contributed by atoms with Crippen LogP contribution in [-0.2, 0) is 6.42 Å². The highest BCUT2D eigenvalue weighted by atomic mass is 32.1. The number of thiophene rings is 1. The third-order valence-corrected chi connectivity index (χ3v) is 2.68. The lowest BCUT2D eigenvalue weighted by Crippen LogP contribution is -1.97. The molecule has 1 aromatic rings. The fourth-order valence-corrected chi connectivity index (χ4v) is 1.86. The van der Waals surface area contributed by atoms with E-state index in [2.05, 4.69) is 0 Å². The van der Waals surface area contributed by atoms with Gasteiger partial charge in [-0.25, -0.2) is 4.79 Å². The molecular weight excluding hydrogens is 174 g/mol. The smallest absolute Gasteiger partial charge is 0.346 e. The maximum absolute atomic E-state index is 10.6. The summed E-state index contributed by atoms with van der Waals surface area (Å²) in [4.78, 5) is 10.9. The second-order valence-electron chi connectivity index (χ2n) is 2.37. The van der Waals surface area contributed by atoms with Crippen molar-refractivity contribution in [1.82, 2.24) is 0 Å². The molecule has 0 fully saturated rings. The van der Waals surface area contributed by atoms with Gasteiger partial charge in [-0.2, -0.15) is 5.26 Å². The van der Waals surface area contributed by atoms with Crippen LogP contribution in [0.25, 0.3) is 0 Å². The van der Waals surface area contributed by atoms with Crippen molar-refractivity contribution in [2.24, 2.45) is 0 Å². The monoisotopic (exact) mass is 181 g/mol. The summed E-state index contributed by atoms with van der Waals surface area (Å²) in [6.45, 7) is 1.82. The van der Waals surface area contributed by atoms with Crippen LogP contribution < -0.4 is 0 Å². The fraction of sp³-hybridized carbons (Fsp3) is 0.250. The summed E-state index contributed by atoms with van der Waals surface area (Å²) >= 11 is 1.17. The lowest BCUT2D eigenvalue weighted by atomic mass is 10.1. The normalized spacial score (nSPS) is 9.33. The van der Waals surface area contributed by atoms with Crippen molar-refractivity contribution in [1.29, 1.82) is 5.26 Å². The Morgan fingerprint density at radius 3 is 3.00 bits per heavy atom. The van der Waals surface area contributed by atoms with Crippen LogP contribution in [0.5, 0.6) is 0 Å². The van der Waals surface area contributed by atoms with Crippen molar-refractivity contribution in [2.75, 3.05) is 0 Å². The summed E-state index contributed by atoms with van der Waals surface area (Å²) in [6.07, 6.45) is 0.178. The molecule has 0 aliphatic rings. The van der Waals surface area contributed by atoms with E-state index in [0.29, 0.717) is 5.56 Å². The lowest BCUT2D eigenvalue weighted by molar-refractivity contribution is 0.0701. The van der Waals surface area contributed by atoms with E-state index >= 15 is 0 Å². The maximum atomic E-state index is 10.6. The zero-order chi connectivity index (χ0) is 9.14. The molecule has 0 aliphatic heterocycles. The Kier molecular flexibility index (Phi) is 2.46. The number of carboxylic acids is 1. The van der Waals surface area contributed by atoms with Crippen molar-refractivity contribution in [3.63, 3.8) is 0 Å². The number of rotatable bonds is 2. The minimum atomic E-state index is -0.946. The van der Waals surface area contributed by atoms with Gasteiger partial charge in [0.05, 0.1) is 12.5 Å². The Morgan fingerprint density at radius 2 is 2.50 bits per heavy atom. The molecule has 1 N–H and O–H groups in total. The molecule has 0 aliphatic carbocycles. The molecule has 0 aromatic carbocycles. The first kappa shape index (κ1) is 8.75. The van der Waals surface area contributed by atoms with Crippen molar-refractivity contribution >= 4 is 17.3 Å². The first-order chi connectivity index (χ1) is 5.66. The van der Waals surface area contributed by atoms with Crippen molar-refractivity contribution in [3.05, 3.63) is 21.4 Å². The summed E-state index contributed by atoms with van der Waals surface area (Å²) in [5.74, 6) is -0.946. The second kappa shape index (κ2) is 3.37. The van der Waals surface area contributed by atoms with Gasteiger partial charge in [-0.05, 0) is 23.4 Å². The molecule has 0 radical (unpaired) electrons. The molecule has 12 heavy (non-hydrogen) atoms. The second-order valence-corrected chi connectivity index (χ2v) is 3.25. The average molecular weight is 181 g/mol. The van der Waals surface area contributed by atoms with Gasteiger partial charge in [0.15, 0.2) is 0 Å². The van der Waals surface area contributed by atoms with Crippen LogP contribution in [0.4, 0.5) is 0 Å². The van der Waals surface area contributed by atoms with Crippen LogP contribution in [-0.4, -0.2) is 11.1 Å². The number of aromatic carboxylic acids is 1. The number of nitriles is 1. The van der Waals surface area contributed by atoms with Gasteiger partial charge in [-0.3, -0.25) is 0 Å². The molecule has 0 spiro atoms. The molecule has 0 saturated heterocycles. The topological polar surface area (TPSA) is 61.1 Å². The third-order valence-electron chi connectivity index (χ3n) is 1.55. The Hall–Kier alpha value is -1.34. The van der Waals surface area contributed by atoms with Crippen LogP contribution >= 0.6 is 11.3 Å². The highest BCUT2D eigenvalue weighted by molar-refractivity contribution is 7.12. The van der Waals surface area contributed by atoms with E-state index in [-0.39, 0.29) is 11.3 Å². The Morgan fingerprint density at radius 1 is 1.83 bits per heavy atom. The predicted molar refractivity (Wildman–Crippen MR) is 45.3 cm³/mol. The molecule has 0 amide bonds. The number of carbonyl (C=O) groups is 1. The number of aryl methyl sites for hydroxylation is 1. The largest absolute Gasteiger partial charge is 0.477 e. The Balaban J connectivity index is 3.14. The van der Waals surface area contributed by atoms with E-state index in [1.807, 2.05) is 13.0 Å². The number of carboxylic acid groups (broad SMARTS) is 1. The van der Waals surface area contributed by atoms with Gasteiger partial charge < -0.3 is 5.11 Å². The molecule has 0 unspecified atom stereocenters. The van der Waals surface area contributed by atoms with Crippen molar-refractivity contribution < 1.29 is 9.90 Å². The summed E-state index contributed by atoms with van der Waals surface area (Å²) in [6, 6.07) is 1.95. The van der Waals surface area contributed by atoms with E-state index in [0.717, 1.165) is 5.56 Å². The first-order valence-corrected chi connectivity index (χ1v) is 4.22. The molecule has 0 bridgehead atoms. The maximum Gasteiger partial charge on any atom is 0.346 e. The molecule has 1 aromatic heterocycles. The minimum Gasteiger partial charge on any atom is -0.477 e. The molecule has 0 saturated carbocycles. The summed E-state index contributed by atoms with van der Waals surface area (Å²) in [5.41, 5.74) is 1.54. The van der Waals surface area contributed by atoms with Gasteiger partial charge in [0, 0.05) is 0 Å². The van der Waals surface area contributed by atoms with Crippen LogP contribution in [0.2, 0.25) is 0 Å². The minimum absolute atomic E-state index is 0.178. The predicted octanol–water partition coefficient (Wildman–Crippen LogP) is 1.82. The quantitative estimate of drug-likeness (QED) is 0.757. The molecule has 3 nitrogen and oxygen atoms in total. The summed E-state index contributed by atoms with van der Waals surface area (Å²) in [7, 11) is 0. The lowest BCUT2D eigenvalue weighted by Gasteiger charge is -1.94. The van der Waals surface area contributed by atoms with E-state index in [4.69, 9.17) is 10.4 Å². The standard InChI is InChI=1S/C8H7NO2S/c1-5-4-12-7(8(10)11)6(5)2-3-9/h4H,2H2,1H3,(H,10,11). The number of hydrogen-bond acceptors (Lipinski definition) is 3. The fourth-order valence-electron chi connectivity index (χ4n) is 0.947. The van der Waals surface area contributed by atoms with Crippen LogP contribution in [0.1, 0.15) is 20.8 Å². The first-order valence-electron chi connectivity index (χ1n) is 3.34. The molecule has 62 valence electrons.